The van der Waals surface area contributed by atoms with Gasteiger partial charge in [0.25, 0.3) is 0 Å². The second-order valence-corrected chi connectivity index (χ2v) is 4.92. The van der Waals surface area contributed by atoms with E-state index in [1.165, 1.54) is 5.56 Å². The Morgan fingerprint density at radius 3 is 2.83 bits per heavy atom. The predicted molar refractivity (Wildman–Crippen MR) is 70.7 cm³/mol. The van der Waals surface area contributed by atoms with Crippen LogP contribution < -0.4 is 5.32 Å². The Kier molecular flexibility index (Phi) is 4.20. The largest absolute Gasteiger partial charge is 0.465 e. The molecule has 18 heavy (non-hydrogen) atoms. The van der Waals surface area contributed by atoms with Crippen LogP contribution in [0.15, 0.2) is 30.3 Å². The van der Waals surface area contributed by atoms with Crippen molar-refractivity contribution < 1.29 is 9.90 Å². The Bertz CT molecular complexity index is 394. The molecule has 1 amide bonds. The van der Waals surface area contributed by atoms with E-state index in [0.717, 1.165) is 19.4 Å². The Labute approximate surface area is 108 Å². The van der Waals surface area contributed by atoms with Crippen molar-refractivity contribution in [3.8, 4) is 0 Å². The van der Waals surface area contributed by atoms with Crippen LogP contribution in [0, 0.1) is 0 Å². The van der Waals surface area contributed by atoms with Crippen LogP contribution in [0.3, 0.4) is 0 Å². The minimum atomic E-state index is -0.813. The van der Waals surface area contributed by atoms with E-state index in [0.29, 0.717) is 12.6 Å². The predicted octanol–water partition coefficient (Wildman–Crippen LogP) is 1.96. The SMILES string of the molecule is C[C@@H]1CCN(C(=O)O)C(Cc2ccccc2)CN1. The highest BCUT2D eigenvalue weighted by atomic mass is 16.4. The standard InChI is InChI=1S/C14H20N2O2/c1-11-7-8-16(14(17)18)13(10-15-11)9-12-5-3-2-4-6-12/h2-6,11,13,15H,7-10H2,1H3,(H,17,18)/t11-,13?/m1/s1. The molecule has 2 rings (SSSR count). The molecule has 0 saturated carbocycles. The molecule has 0 radical (unpaired) electrons. The van der Waals surface area contributed by atoms with E-state index in [-0.39, 0.29) is 6.04 Å². The molecule has 4 nitrogen and oxygen atoms in total. The van der Waals surface area contributed by atoms with Gasteiger partial charge in [0, 0.05) is 19.1 Å². The van der Waals surface area contributed by atoms with Crippen LogP contribution in [0.5, 0.6) is 0 Å². The maximum Gasteiger partial charge on any atom is 0.407 e. The first-order chi connectivity index (χ1) is 8.66. The van der Waals surface area contributed by atoms with Crippen LogP contribution in [0.2, 0.25) is 0 Å². The first-order valence-electron chi connectivity index (χ1n) is 6.43. The molecule has 98 valence electrons. The first kappa shape index (κ1) is 12.9. The molecular formula is C14H20N2O2. The Morgan fingerprint density at radius 1 is 1.44 bits per heavy atom. The summed E-state index contributed by atoms with van der Waals surface area (Å²) in [5.41, 5.74) is 1.19. The van der Waals surface area contributed by atoms with Gasteiger partial charge < -0.3 is 15.3 Å². The summed E-state index contributed by atoms with van der Waals surface area (Å²) < 4.78 is 0. The second-order valence-electron chi connectivity index (χ2n) is 4.92. The fourth-order valence-electron chi connectivity index (χ4n) is 2.39. The summed E-state index contributed by atoms with van der Waals surface area (Å²) in [4.78, 5) is 12.9. The maximum atomic E-state index is 11.3. The molecule has 1 heterocycles. The number of carbonyl (C=O) groups is 1. The molecule has 4 heteroatoms. The van der Waals surface area contributed by atoms with Gasteiger partial charge in [0.15, 0.2) is 0 Å². The van der Waals surface area contributed by atoms with E-state index in [1.54, 1.807) is 4.90 Å². The van der Waals surface area contributed by atoms with Crippen LogP contribution in [0.1, 0.15) is 18.9 Å². The van der Waals surface area contributed by atoms with E-state index in [4.69, 9.17) is 0 Å². The zero-order valence-corrected chi connectivity index (χ0v) is 10.7. The van der Waals surface area contributed by atoms with Crippen molar-refractivity contribution in [2.45, 2.75) is 31.8 Å². The van der Waals surface area contributed by atoms with Gasteiger partial charge in [-0.25, -0.2) is 4.79 Å². The Hall–Kier alpha value is -1.55. The molecule has 0 aromatic heterocycles. The number of hydrogen-bond donors (Lipinski definition) is 2. The van der Waals surface area contributed by atoms with E-state index in [9.17, 15) is 9.90 Å². The lowest BCUT2D eigenvalue weighted by Gasteiger charge is -2.27. The Balaban J connectivity index is 2.09. The minimum absolute atomic E-state index is 0.0230. The lowest BCUT2D eigenvalue weighted by Crippen LogP contribution is -2.44. The minimum Gasteiger partial charge on any atom is -0.465 e. The normalized spacial score (nSPS) is 24.6. The second kappa shape index (κ2) is 5.87. The van der Waals surface area contributed by atoms with Crippen molar-refractivity contribution in [1.82, 2.24) is 10.2 Å². The quantitative estimate of drug-likeness (QED) is 0.841. The summed E-state index contributed by atoms with van der Waals surface area (Å²) in [6, 6.07) is 10.5. The number of benzene rings is 1. The van der Waals surface area contributed by atoms with Crippen LogP contribution in [0.25, 0.3) is 0 Å². The lowest BCUT2D eigenvalue weighted by molar-refractivity contribution is 0.128. The molecule has 1 aromatic carbocycles. The molecule has 0 bridgehead atoms. The average molecular weight is 248 g/mol. The smallest absolute Gasteiger partial charge is 0.407 e. The van der Waals surface area contributed by atoms with Gasteiger partial charge in [-0.3, -0.25) is 0 Å². The molecule has 1 saturated heterocycles. The van der Waals surface area contributed by atoms with E-state index < -0.39 is 6.09 Å². The van der Waals surface area contributed by atoms with E-state index in [1.807, 2.05) is 30.3 Å². The fourth-order valence-corrected chi connectivity index (χ4v) is 2.39. The molecule has 1 aliphatic heterocycles. The first-order valence-corrected chi connectivity index (χ1v) is 6.43. The third-order valence-electron chi connectivity index (χ3n) is 3.51. The molecule has 0 spiro atoms. The van der Waals surface area contributed by atoms with Gasteiger partial charge in [-0.15, -0.1) is 0 Å². The molecule has 1 fully saturated rings. The number of nitrogens with one attached hydrogen (secondary N) is 1. The Morgan fingerprint density at radius 2 is 2.17 bits per heavy atom. The summed E-state index contributed by atoms with van der Waals surface area (Å²) in [5.74, 6) is 0. The van der Waals surface area contributed by atoms with Crippen LogP contribution in [-0.4, -0.2) is 41.3 Å². The van der Waals surface area contributed by atoms with Crippen LogP contribution >= 0.6 is 0 Å². The number of rotatable bonds is 2. The number of carboxylic acid groups (broad SMARTS) is 1. The van der Waals surface area contributed by atoms with Gasteiger partial charge in [0.1, 0.15) is 0 Å². The average Bonchev–Trinajstić information content (AvgIpc) is 2.53. The third-order valence-corrected chi connectivity index (χ3v) is 3.51. The number of amides is 1. The summed E-state index contributed by atoms with van der Waals surface area (Å²) >= 11 is 0. The summed E-state index contributed by atoms with van der Waals surface area (Å²) in [6.45, 7) is 3.44. The highest BCUT2D eigenvalue weighted by Gasteiger charge is 2.26. The molecule has 1 unspecified atom stereocenters. The topological polar surface area (TPSA) is 52.6 Å². The van der Waals surface area contributed by atoms with Crippen LogP contribution in [-0.2, 0) is 6.42 Å². The van der Waals surface area contributed by atoms with Crippen molar-refractivity contribution in [3.63, 3.8) is 0 Å². The van der Waals surface area contributed by atoms with Gasteiger partial charge in [-0.05, 0) is 25.3 Å². The summed E-state index contributed by atoms with van der Waals surface area (Å²) in [6.07, 6.45) is 0.830. The van der Waals surface area contributed by atoms with Gasteiger partial charge in [0.05, 0.1) is 6.04 Å². The van der Waals surface area contributed by atoms with Crippen molar-refractivity contribution in [2.75, 3.05) is 13.1 Å². The highest BCUT2D eigenvalue weighted by molar-refractivity contribution is 5.65. The molecular weight excluding hydrogens is 228 g/mol. The highest BCUT2D eigenvalue weighted by Crippen LogP contribution is 2.13. The summed E-state index contributed by atoms with van der Waals surface area (Å²) in [7, 11) is 0. The zero-order chi connectivity index (χ0) is 13.0. The lowest BCUT2D eigenvalue weighted by atomic mass is 10.1. The zero-order valence-electron chi connectivity index (χ0n) is 10.7. The number of nitrogens with zero attached hydrogens (tertiary/aromatic N) is 1. The molecule has 2 N–H and O–H groups in total. The monoisotopic (exact) mass is 248 g/mol. The third kappa shape index (κ3) is 3.23. The van der Waals surface area contributed by atoms with Crippen LogP contribution in [0.4, 0.5) is 4.79 Å². The maximum absolute atomic E-state index is 11.3. The number of hydrogen-bond acceptors (Lipinski definition) is 2. The molecule has 0 aliphatic carbocycles. The van der Waals surface area contributed by atoms with E-state index >= 15 is 0 Å². The van der Waals surface area contributed by atoms with Crippen molar-refractivity contribution in [3.05, 3.63) is 35.9 Å². The molecule has 1 aliphatic rings. The van der Waals surface area contributed by atoms with Gasteiger partial charge in [0.2, 0.25) is 0 Å². The molecule has 1 aromatic rings. The molecule has 2 atom stereocenters. The summed E-state index contributed by atoms with van der Waals surface area (Å²) in [5, 5.41) is 12.7. The van der Waals surface area contributed by atoms with Crippen molar-refractivity contribution >= 4 is 6.09 Å². The van der Waals surface area contributed by atoms with Gasteiger partial charge in [-0.1, -0.05) is 30.3 Å². The van der Waals surface area contributed by atoms with Gasteiger partial charge in [-0.2, -0.15) is 0 Å². The van der Waals surface area contributed by atoms with Crippen molar-refractivity contribution in [1.29, 1.82) is 0 Å². The fraction of sp³-hybridized carbons (Fsp3) is 0.500. The van der Waals surface area contributed by atoms with Crippen molar-refractivity contribution in [2.24, 2.45) is 0 Å². The van der Waals surface area contributed by atoms with E-state index in [2.05, 4.69) is 12.2 Å². The van der Waals surface area contributed by atoms with Gasteiger partial charge >= 0.3 is 6.09 Å².